The molecule has 4 nitrogen and oxygen atoms in total. The largest absolute Gasteiger partial charge is 0.399 e. The zero-order chi connectivity index (χ0) is 13.7. The SMILES string of the molecule is Nc1ccc2c(C(=O)NC(C3CC3)C3CC3)c[nH]c2c1. The summed E-state index contributed by atoms with van der Waals surface area (Å²) in [7, 11) is 0. The predicted octanol–water partition coefficient (Wildman–Crippen LogP) is 2.67. The second kappa shape index (κ2) is 4.27. The van der Waals surface area contributed by atoms with Crippen LogP contribution in [0.3, 0.4) is 0 Å². The number of H-pyrrole nitrogens is 1. The maximum atomic E-state index is 12.5. The number of hydrogen-bond acceptors (Lipinski definition) is 2. The fourth-order valence-electron chi connectivity index (χ4n) is 3.09. The average Bonchev–Trinajstić information content (AvgIpc) is 3.32. The van der Waals surface area contributed by atoms with Crippen molar-refractivity contribution in [3.63, 3.8) is 0 Å². The van der Waals surface area contributed by atoms with Gasteiger partial charge in [-0.05, 0) is 55.7 Å². The zero-order valence-corrected chi connectivity index (χ0v) is 11.4. The van der Waals surface area contributed by atoms with Gasteiger partial charge in [0.1, 0.15) is 0 Å². The molecule has 0 unspecified atom stereocenters. The summed E-state index contributed by atoms with van der Waals surface area (Å²) in [5.74, 6) is 1.48. The van der Waals surface area contributed by atoms with Crippen LogP contribution in [0.2, 0.25) is 0 Å². The van der Waals surface area contributed by atoms with Crippen molar-refractivity contribution in [1.29, 1.82) is 0 Å². The highest BCUT2D eigenvalue weighted by molar-refractivity contribution is 6.07. The molecule has 1 aromatic carbocycles. The molecule has 20 heavy (non-hydrogen) atoms. The van der Waals surface area contributed by atoms with Gasteiger partial charge in [0.05, 0.1) is 5.56 Å². The van der Waals surface area contributed by atoms with E-state index in [9.17, 15) is 4.79 Å². The summed E-state index contributed by atoms with van der Waals surface area (Å²) in [6, 6.07) is 6.01. The van der Waals surface area contributed by atoms with Crippen LogP contribution in [-0.4, -0.2) is 16.9 Å². The number of nitrogens with two attached hydrogens (primary N) is 1. The van der Waals surface area contributed by atoms with Crippen LogP contribution >= 0.6 is 0 Å². The normalized spacial score (nSPS) is 18.6. The van der Waals surface area contributed by atoms with Gasteiger partial charge >= 0.3 is 0 Å². The Morgan fingerprint density at radius 3 is 2.60 bits per heavy atom. The molecule has 2 aliphatic rings. The van der Waals surface area contributed by atoms with Gasteiger partial charge in [0.25, 0.3) is 5.91 Å². The first-order valence-electron chi connectivity index (χ1n) is 7.40. The van der Waals surface area contributed by atoms with Gasteiger partial charge in [0, 0.05) is 28.8 Å². The first-order chi connectivity index (χ1) is 9.72. The first kappa shape index (κ1) is 11.8. The number of nitrogens with one attached hydrogen (secondary N) is 2. The van der Waals surface area contributed by atoms with Gasteiger partial charge in [0.15, 0.2) is 0 Å². The molecule has 4 rings (SSSR count). The van der Waals surface area contributed by atoms with Crippen molar-refractivity contribution in [3.05, 3.63) is 30.0 Å². The van der Waals surface area contributed by atoms with E-state index in [2.05, 4.69) is 10.3 Å². The molecule has 0 atom stereocenters. The van der Waals surface area contributed by atoms with Crippen molar-refractivity contribution < 1.29 is 4.79 Å². The molecular formula is C16H19N3O. The fourth-order valence-corrected chi connectivity index (χ4v) is 3.09. The minimum atomic E-state index is 0.0461. The Morgan fingerprint density at radius 2 is 1.95 bits per heavy atom. The summed E-state index contributed by atoms with van der Waals surface area (Å²) in [6.07, 6.45) is 6.87. The van der Waals surface area contributed by atoms with Gasteiger partial charge in [-0.25, -0.2) is 0 Å². The van der Waals surface area contributed by atoms with E-state index in [1.165, 1.54) is 25.7 Å². The second-order valence-electron chi connectivity index (χ2n) is 6.18. The maximum Gasteiger partial charge on any atom is 0.253 e. The van der Waals surface area contributed by atoms with Crippen LogP contribution in [0.5, 0.6) is 0 Å². The number of carbonyl (C=O) groups excluding carboxylic acids is 1. The molecule has 2 aromatic rings. The topological polar surface area (TPSA) is 70.9 Å². The summed E-state index contributed by atoms with van der Waals surface area (Å²) in [5, 5.41) is 4.21. The average molecular weight is 269 g/mol. The highest BCUT2D eigenvalue weighted by Gasteiger charge is 2.42. The lowest BCUT2D eigenvalue weighted by atomic mass is 10.1. The molecule has 0 bridgehead atoms. The van der Waals surface area contributed by atoms with E-state index < -0.39 is 0 Å². The maximum absolute atomic E-state index is 12.5. The number of hydrogen-bond donors (Lipinski definition) is 3. The molecule has 2 saturated carbocycles. The standard InChI is InChI=1S/C16H19N3O/c17-11-5-6-12-13(8-18-14(12)7-11)16(20)19-15(9-1-2-9)10-3-4-10/h5-10,15,18H,1-4,17H2,(H,19,20). The number of nitrogen functional groups attached to an aromatic ring is 1. The second-order valence-corrected chi connectivity index (χ2v) is 6.18. The molecule has 1 amide bonds. The van der Waals surface area contributed by atoms with Crippen LogP contribution in [0.15, 0.2) is 24.4 Å². The highest BCUT2D eigenvalue weighted by atomic mass is 16.1. The van der Waals surface area contributed by atoms with Gasteiger partial charge in [0.2, 0.25) is 0 Å². The number of aromatic nitrogens is 1. The number of rotatable bonds is 4. The van der Waals surface area contributed by atoms with Crippen molar-refractivity contribution in [2.75, 3.05) is 5.73 Å². The number of aromatic amines is 1. The third-order valence-electron chi connectivity index (χ3n) is 4.51. The van der Waals surface area contributed by atoms with Crippen molar-refractivity contribution in [2.24, 2.45) is 11.8 Å². The van der Waals surface area contributed by atoms with Crippen LogP contribution in [-0.2, 0) is 0 Å². The summed E-state index contributed by atoms with van der Waals surface area (Å²) in [4.78, 5) is 15.6. The Balaban J connectivity index is 1.59. The third kappa shape index (κ3) is 2.05. The van der Waals surface area contributed by atoms with E-state index in [1.54, 1.807) is 6.20 Å². The van der Waals surface area contributed by atoms with Crippen molar-refractivity contribution in [2.45, 2.75) is 31.7 Å². The Morgan fingerprint density at radius 1 is 1.25 bits per heavy atom. The molecule has 104 valence electrons. The van der Waals surface area contributed by atoms with Gasteiger partial charge in [-0.3, -0.25) is 4.79 Å². The summed E-state index contributed by atoms with van der Waals surface area (Å²) in [5.41, 5.74) is 8.12. The van der Waals surface area contributed by atoms with Gasteiger partial charge in [-0.2, -0.15) is 0 Å². The molecule has 0 radical (unpaired) electrons. The molecule has 4 heteroatoms. The Hall–Kier alpha value is -1.97. The molecular weight excluding hydrogens is 250 g/mol. The van der Waals surface area contributed by atoms with E-state index in [-0.39, 0.29) is 5.91 Å². The first-order valence-corrected chi connectivity index (χ1v) is 7.40. The highest BCUT2D eigenvalue weighted by Crippen LogP contribution is 2.44. The van der Waals surface area contributed by atoms with Gasteiger partial charge in [-0.15, -0.1) is 0 Å². The number of anilines is 1. The van der Waals surface area contributed by atoms with Crippen molar-refractivity contribution in [1.82, 2.24) is 10.3 Å². The van der Waals surface area contributed by atoms with Crippen LogP contribution < -0.4 is 11.1 Å². The molecule has 2 aliphatic carbocycles. The predicted molar refractivity (Wildman–Crippen MR) is 79.4 cm³/mol. The zero-order valence-electron chi connectivity index (χ0n) is 11.4. The van der Waals surface area contributed by atoms with Crippen molar-refractivity contribution in [3.8, 4) is 0 Å². The monoisotopic (exact) mass is 269 g/mol. The van der Waals surface area contributed by atoms with Gasteiger partial charge < -0.3 is 16.0 Å². The lowest BCUT2D eigenvalue weighted by Crippen LogP contribution is -2.38. The quantitative estimate of drug-likeness (QED) is 0.747. The molecule has 1 aromatic heterocycles. The number of benzene rings is 1. The summed E-state index contributed by atoms with van der Waals surface area (Å²) >= 11 is 0. The van der Waals surface area contributed by atoms with E-state index in [0.29, 0.717) is 23.6 Å². The van der Waals surface area contributed by atoms with E-state index in [0.717, 1.165) is 16.5 Å². The number of amides is 1. The lowest BCUT2D eigenvalue weighted by Gasteiger charge is -2.17. The molecule has 0 aliphatic heterocycles. The Bertz CT molecular complexity index is 655. The Kier molecular flexibility index (Phi) is 2.52. The van der Waals surface area contributed by atoms with E-state index in [4.69, 9.17) is 5.73 Å². The third-order valence-corrected chi connectivity index (χ3v) is 4.51. The molecule has 0 spiro atoms. The van der Waals surface area contributed by atoms with Crippen LogP contribution in [0.25, 0.3) is 10.9 Å². The molecule has 0 saturated heterocycles. The van der Waals surface area contributed by atoms with Crippen molar-refractivity contribution >= 4 is 22.5 Å². The fraction of sp³-hybridized carbons (Fsp3) is 0.438. The van der Waals surface area contributed by atoms with Crippen LogP contribution in [0.1, 0.15) is 36.0 Å². The molecule has 2 fully saturated rings. The smallest absolute Gasteiger partial charge is 0.253 e. The minimum absolute atomic E-state index is 0.0461. The Labute approximate surface area is 117 Å². The molecule has 1 heterocycles. The molecule has 4 N–H and O–H groups in total. The van der Waals surface area contributed by atoms with E-state index in [1.807, 2.05) is 18.2 Å². The minimum Gasteiger partial charge on any atom is -0.399 e. The van der Waals surface area contributed by atoms with Crippen LogP contribution in [0.4, 0.5) is 5.69 Å². The lowest BCUT2D eigenvalue weighted by molar-refractivity contribution is 0.0928. The van der Waals surface area contributed by atoms with E-state index >= 15 is 0 Å². The summed E-state index contributed by atoms with van der Waals surface area (Å²) < 4.78 is 0. The number of carbonyl (C=O) groups is 1. The van der Waals surface area contributed by atoms with Gasteiger partial charge in [-0.1, -0.05) is 0 Å². The summed E-state index contributed by atoms with van der Waals surface area (Å²) in [6.45, 7) is 0. The number of fused-ring (bicyclic) bond motifs is 1. The van der Waals surface area contributed by atoms with Crippen LogP contribution in [0, 0.1) is 11.8 Å².